The number of hydrogen-bond donors (Lipinski definition) is 13. The third-order valence-corrected chi connectivity index (χ3v) is 17.3. The smallest absolute Gasteiger partial charge is 0.490 e. The van der Waals surface area contributed by atoms with Crippen molar-refractivity contribution in [1.82, 2.24) is 42.1 Å². The zero-order valence-corrected chi connectivity index (χ0v) is 49.3. The highest BCUT2D eigenvalue weighted by molar-refractivity contribution is 8.77. The molecule has 2 aromatic rings. The highest BCUT2D eigenvalue weighted by Crippen LogP contribution is 2.48. The number of primary amides is 3. The molecule has 1 aliphatic carbocycles. The second kappa shape index (κ2) is 34.7. The second-order valence-electron chi connectivity index (χ2n) is 20.8. The van der Waals surface area contributed by atoms with Gasteiger partial charge >= 0.3 is 12.1 Å². The van der Waals surface area contributed by atoms with E-state index in [4.69, 9.17) is 43.3 Å². The van der Waals surface area contributed by atoms with Crippen molar-refractivity contribution >= 4 is 98.5 Å². The lowest BCUT2D eigenvalue weighted by atomic mass is 9.85. The second-order valence-corrected chi connectivity index (χ2v) is 23.6. The Morgan fingerprint density at radius 1 is 0.759 bits per heavy atom. The highest BCUT2D eigenvalue weighted by atomic mass is 33.1. The maximum Gasteiger partial charge on any atom is 0.490 e. The molecule has 28 nitrogen and oxygen atoms in total. The number of amides is 11. The van der Waals surface area contributed by atoms with Crippen molar-refractivity contribution in [3.05, 3.63) is 65.7 Å². The van der Waals surface area contributed by atoms with Crippen molar-refractivity contribution in [2.75, 3.05) is 32.5 Å². The molecule has 3 fully saturated rings. The third-order valence-electron chi connectivity index (χ3n) is 13.9. The van der Waals surface area contributed by atoms with Gasteiger partial charge in [0.15, 0.2) is 5.96 Å². The molecule has 11 amide bonds. The van der Waals surface area contributed by atoms with Crippen LogP contribution in [0.4, 0.5) is 13.2 Å². The van der Waals surface area contributed by atoms with Gasteiger partial charge < -0.3 is 80.6 Å². The highest BCUT2D eigenvalue weighted by Gasteiger charge is 2.43. The Labute approximate surface area is 506 Å². The molecular weight excluding hydrogens is 1190 g/mol. The van der Waals surface area contributed by atoms with E-state index in [1.165, 1.54) is 33.6 Å². The van der Waals surface area contributed by atoms with Crippen molar-refractivity contribution in [3.8, 4) is 5.75 Å². The van der Waals surface area contributed by atoms with E-state index in [9.17, 15) is 65.9 Å². The molecule has 33 heteroatoms. The van der Waals surface area contributed by atoms with Gasteiger partial charge in [0, 0.05) is 49.3 Å². The van der Waals surface area contributed by atoms with Gasteiger partial charge in [-0.1, -0.05) is 83.3 Å². The Bertz CT molecular complexity index is 2790. The number of benzene rings is 2. The fourth-order valence-electron chi connectivity index (χ4n) is 9.59. The van der Waals surface area contributed by atoms with E-state index >= 15 is 0 Å². The SMILES string of the molecule is COc1ccc(C[C@@H]2NC(=O)CC3(CCCCC3)SSC[C@@H](C(=O)N3CCC[C@H]3C(=O)N[C@@H](CCCN=C(N)N)C(=O)NCC(N)=O)NC(=O)[C@H](CC(N)=O)NC(=O)[C@H](CCC(N)=O)NC(=O)[C@H](Cc3ccccc3)NC2=O)cc1.O=C(O)C(F)(F)F. The van der Waals surface area contributed by atoms with Gasteiger partial charge in [-0.25, -0.2) is 4.79 Å². The fourth-order valence-corrected chi connectivity index (χ4v) is 13.0. The molecule has 478 valence electrons. The Morgan fingerprint density at radius 2 is 1.33 bits per heavy atom. The van der Waals surface area contributed by atoms with E-state index in [1.807, 2.05) is 0 Å². The molecule has 3 aliphatic rings. The number of aliphatic carboxylic acids is 1. The first-order valence-corrected chi connectivity index (χ1v) is 30.0. The van der Waals surface area contributed by atoms with Gasteiger partial charge in [-0.15, -0.1) is 0 Å². The van der Waals surface area contributed by atoms with Gasteiger partial charge in [-0.3, -0.25) is 57.7 Å². The lowest BCUT2D eigenvalue weighted by molar-refractivity contribution is -0.192. The first-order valence-electron chi connectivity index (χ1n) is 27.7. The summed E-state index contributed by atoms with van der Waals surface area (Å²) < 4.78 is 36.3. The molecule has 2 aromatic carbocycles. The maximum atomic E-state index is 15.0. The van der Waals surface area contributed by atoms with Crippen molar-refractivity contribution in [1.29, 1.82) is 0 Å². The van der Waals surface area contributed by atoms with Gasteiger partial charge in [0.25, 0.3) is 0 Å². The van der Waals surface area contributed by atoms with Crippen LogP contribution in [0.25, 0.3) is 0 Å². The minimum atomic E-state index is -5.08. The number of rotatable bonds is 20. The number of ether oxygens (including phenoxy) is 1. The third kappa shape index (κ3) is 24.5. The van der Waals surface area contributed by atoms with E-state index in [0.29, 0.717) is 36.1 Å². The summed E-state index contributed by atoms with van der Waals surface area (Å²) in [4.78, 5) is 165. The molecule has 0 aromatic heterocycles. The van der Waals surface area contributed by atoms with E-state index in [1.54, 1.807) is 54.6 Å². The molecule has 1 spiro atoms. The molecule has 0 radical (unpaired) electrons. The number of halogens is 3. The van der Waals surface area contributed by atoms with Crippen LogP contribution in [0.3, 0.4) is 0 Å². The van der Waals surface area contributed by atoms with Gasteiger partial charge in [0.05, 0.1) is 20.1 Å². The van der Waals surface area contributed by atoms with Gasteiger partial charge in [-0.05, 0) is 68.2 Å². The standard InChI is InChI=1S/C52H74N14O12S2.C2HF3O2/c1-78-32-16-14-31(15-17-32)25-35-46(73)63-36(24-30-10-4-2-5-11-30)47(74)61-34(18-19-40(53)67)45(72)64-37(26-41(54)68)48(75)65-38(29-79-80-52(27-43(70)60-35)20-6-3-7-21-52)50(77)66-23-9-13-39(66)49(76)62-33(12-8-22-58-51(56)57)44(71)59-28-42(55)69;3-2(4,5)1(6)7/h2,4-5,10-11,14-17,33-39H,3,6-9,12-13,18-29H2,1H3,(H2,53,67)(H2,54,68)(H2,55,69)(H,59,71)(H,60,70)(H,61,74)(H,62,76)(H,63,73)(H,64,72)(H,65,75)(H4,56,57,58);(H,6,7)/t33-,34-,35-,36-,37-,38-,39-;/m0./s1. The number of nitrogens with zero attached hydrogens (tertiary/aromatic N) is 2. The maximum absolute atomic E-state index is 15.0. The number of nitrogens with two attached hydrogens (primary N) is 5. The number of carboxylic acid groups (broad SMARTS) is 1. The lowest BCUT2D eigenvalue weighted by Crippen LogP contribution is -2.61. The lowest BCUT2D eigenvalue weighted by Gasteiger charge is -2.37. The predicted octanol–water partition coefficient (Wildman–Crippen LogP) is -1.70. The average Bonchev–Trinajstić information content (AvgIpc) is 3.70. The minimum Gasteiger partial charge on any atom is -0.497 e. The minimum absolute atomic E-state index is 0.0113. The number of guanidine groups is 1. The number of aliphatic imine (C=N–C) groups is 1. The van der Waals surface area contributed by atoms with Crippen LogP contribution in [0.2, 0.25) is 0 Å². The Hall–Kier alpha value is -8.36. The van der Waals surface area contributed by atoms with Crippen molar-refractivity contribution in [2.24, 2.45) is 33.7 Å². The molecule has 2 heterocycles. The molecule has 5 rings (SSSR count). The first-order chi connectivity index (χ1) is 41.1. The number of likely N-dealkylation sites (tertiary alicyclic amines) is 1. The zero-order chi connectivity index (χ0) is 64.4. The molecule has 1 saturated carbocycles. The number of carboxylic acids is 1. The summed E-state index contributed by atoms with van der Waals surface area (Å²) in [6.07, 6.45) is -2.67. The summed E-state index contributed by atoms with van der Waals surface area (Å²) in [5.41, 5.74) is 28.5. The van der Waals surface area contributed by atoms with E-state index < -0.39 is 150 Å². The number of carbonyl (C=O) groups excluding carboxylic acids is 11. The first kappa shape index (κ1) is 71.1. The summed E-state index contributed by atoms with van der Waals surface area (Å²) in [5.74, 6) is -11.7. The van der Waals surface area contributed by atoms with E-state index in [2.05, 4.69) is 42.2 Å². The van der Waals surface area contributed by atoms with Crippen LogP contribution in [-0.2, 0) is 70.4 Å². The predicted molar refractivity (Wildman–Crippen MR) is 312 cm³/mol. The van der Waals surface area contributed by atoms with E-state index in [0.717, 1.165) is 19.3 Å². The van der Waals surface area contributed by atoms with Gasteiger partial charge in [0.2, 0.25) is 65.0 Å². The van der Waals surface area contributed by atoms with Crippen LogP contribution in [0, 0.1) is 0 Å². The number of alkyl halides is 3. The van der Waals surface area contributed by atoms with Crippen LogP contribution in [0.15, 0.2) is 59.6 Å². The van der Waals surface area contributed by atoms with Crippen molar-refractivity contribution in [2.45, 2.75) is 150 Å². The Morgan fingerprint density at radius 3 is 1.91 bits per heavy atom. The van der Waals surface area contributed by atoms with Gasteiger partial charge in [0.1, 0.15) is 48.0 Å². The Kier molecular flexibility index (Phi) is 28.4. The molecule has 7 atom stereocenters. The summed E-state index contributed by atoms with van der Waals surface area (Å²) in [6.45, 7) is -0.382. The zero-order valence-electron chi connectivity index (χ0n) is 47.7. The van der Waals surface area contributed by atoms with Crippen LogP contribution in [0.1, 0.15) is 94.6 Å². The summed E-state index contributed by atoms with van der Waals surface area (Å²) in [6, 6.07) is 5.70. The van der Waals surface area contributed by atoms with Crippen LogP contribution < -0.4 is 70.6 Å². The topological polar surface area (TPSA) is 464 Å². The average molecular weight is 1270 g/mol. The normalized spacial score (nSPS) is 21.7. The van der Waals surface area contributed by atoms with Crippen LogP contribution >= 0.6 is 21.6 Å². The molecule has 0 unspecified atom stereocenters. The van der Waals surface area contributed by atoms with Crippen molar-refractivity contribution in [3.63, 3.8) is 0 Å². The molecule has 2 aliphatic heterocycles. The van der Waals surface area contributed by atoms with Crippen molar-refractivity contribution < 1.29 is 80.5 Å². The molecule has 18 N–H and O–H groups in total. The number of carbonyl (C=O) groups is 12. The largest absolute Gasteiger partial charge is 0.497 e. The molecule has 0 bridgehead atoms. The number of nitrogens with one attached hydrogen (secondary N) is 7. The fraction of sp³-hybridized carbons (Fsp3) is 0.537. The number of methoxy groups -OCH3 is 1. The van der Waals surface area contributed by atoms with Crippen LogP contribution in [0.5, 0.6) is 5.75 Å². The molecule has 2 saturated heterocycles. The van der Waals surface area contributed by atoms with Crippen LogP contribution in [-0.4, -0.2) is 173 Å². The van der Waals surface area contributed by atoms with Gasteiger partial charge in [-0.2, -0.15) is 13.2 Å². The monoisotopic (exact) mass is 1260 g/mol. The summed E-state index contributed by atoms with van der Waals surface area (Å²) >= 11 is 0. The summed E-state index contributed by atoms with van der Waals surface area (Å²) in [5, 5.41) is 25.6. The quantitative estimate of drug-likeness (QED) is 0.0304. The summed E-state index contributed by atoms with van der Waals surface area (Å²) in [7, 11) is 4.02. The molecule has 87 heavy (non-hydrogen) atoms. The molecular formula is C54H75F3N14O14S2. The Balaban J connectivity index is 0.00000217. The number of hydrogen-bond acceptors (Lipinski definition) is 16. The van der Waals surface area contributed by atoms with E-state index in [-0.39, 0.29) is 63.3 Å².